The molecule has 1 N–H and O–H groups in total. The largest absolute Gasteiger partial charge is 0.478 e. The van der Waals surface area contributed by atoms with Crippen molar-refractivity contribution in [1.82, 2.24) is 4.90 Å². The molecule has 2 atom stereocenters. The number of rotatable bonds is 6. The van der Waals surface area contributed by atoms with Crippen molar-refractivity contribution in [2.45, 2.75) is 51.4 Å². The van der Waals surface area contributed by atoms with Crippen LogP contribution in [0, 0.1) is 0 Å². The lowest BCUT2D eigenvalue weighted by atomic mass is 10.2. The van der Waals surface area contributed by atoms with Gasteiger partial charge in [0, 0.05) is 12.5 Å². The highest BCUT2D eigenvalue weighted by molar-refractivity contribution is 5.79. The molecule has 0 saturated carbocycles. The average Bonchev–Trinajstić information content (AvgIpc) is 2.72. The lowest BCUT2D eigenvalue weighted by molar-refractivity contribution is -0.131. The summed E-state index contributed by atoms with van der Waals surface area (Å²) in [6.45, 7) is 5.82. The van der Waals surface area contributed by atoms with Gasteiger partial charge < -0.3 is 14.6 Å². The second-order valence-electron chi connectivity index (χ2n) is 6.22. The molecule has 0 spiro atoms. The zero-order chi connectivity index (χ0) is 16.8. The van der Waals surface area contributed by atoms with Gasteiger partial charge in [0.25, 0.3) is 0 Å². The Kier molecular flexibility index (Phi) is 6.80. The summed E-state index contributed by atoms with van der Waals surface area (Å²) in [5.74, 6) is -1.01. The molecule has 1 rings (SSSR count). The van der Waals surface area contributed by atoms with Crippen LogP contribution in [0.4, 0.5) is 9.18 Å². The molecule has 1 amide bonds. The molecule has 7 heteroatoms. The fraction of sp³-hybridized carbons (Fsp3) is 0.733. The number of amides is 1. The van der Waals surface area contributed by atoms with Gasteiger partial charge in [-0.25, -0.2) is 14.0 Å². The van der Waals surface area contributed by atoms with E-state index in [1.165, 1.54) is 11.0 Å². The van der Waals surface area contributed by atoms with Gasteiger partial charge in [-0.1, -0.05) is 6.08 Å². The molecule has 0 aromatic carbocycles. The van der Waals surface area contributed by atoms with Crippen molar-refractivity contribution >= 4 is 12.1 Å². The number of halogens is 1. The molecule has 0 bridgehead atoms. The van der Waals surface area contributed by atoms with Crippen molar-refractivity contribution in [3.8, 4) is 0 Å². The van der Waals surface area contributed by atoms with Crippen LogP contribution < -0.4 is 0 Å². The molecule has 0 unspecified atom stereocenters. The zero-order valence-corrected chi connectivity index (χ0v) is 13.3. The summed E-state index contributed by atoms with van der Waals surface area (Å²) in [4.78, 5) is 23.7. The molecule has 1 aliphatic heterocycles. The number of hydrogen-bond acceptors (Lipinski definition) is 4. The quantitative estimate of drug-likeness (QED) is 0.601. The first-order valence-electron chi connectivity index (χ1n) is 7.30. The molecule has 1 heterocycles. The minimum Gasteiger partial charge on any atom is -0.478 e. The third kappa shape index (κ3) is 6.89. The van der Waals surface area contributed by atoms with Gasteiger partial charge >= 0.3 is 12.1 Å². The number of hydrogen-bond donors (Lipinski definition) is 1. The van der Waals surface area contributed by atoms with E-state index >= 15 is 0 Å². The maximum atomic E-state index is 13.6. The summed E-state index contributed by atoms with van der Waals surface area (Å²) in [6.07, 6.45) is 1.60. The molecular formula is C15H24FNO5. The van der Waals surface area contributed by atoms with Crippen LogP contribution in [0.5, 0.6) is 0 Å². The SMILES string of the molecule is CC(C)(C)OC(=O)N1C[C@@H](F)C[C@H]1COCCC=CC(=O)O. The van der Waals surface area contributed by atoms with Crippen LogP contribution in [-0.2, 0) is 14.3 Å². The van der Waals surface area contributed by atoms with Crippen molar-refractivity contribution in [3.05, 3.63) is 12.2 Å². The zero-order valence-electron chi connectivity index (χ0n) is 13.3. The monoisotopic (exact) mass is 317 g/mol. The van der Waals surface area contributed by atoms with Crippen molar-refractivity contribution in [1.29, 1.82) is 0 Å². The van der Waals surface area contributed by atoms with Crippen molar-refractivity contribution in [2.75, 3.05) is 19.8 Å². The first-order chi connectivity index (χ1) is 10.2. The number of carboxylic acids is 1. The normalized spacial score (nSPS) is 22.3. The molecule has 0 radical (unpaired) electrons. The fourth-order valence-corrected chi connectivity index (χ4v) is 2.12. The molecular weight excluding hydrogens is 293 g/mol. The number of carbonyl (C=O) groups excluding carboxylic acids is 1. The van der Waals surface area contributed by atoms with Crippen LogP contribution in [0.25, 0.3) is 0 Å². The van der Waals surface area contributed by atoms with E-state index in [2.05, 4.69) is 0 Å². The first kappa shape index (κ1) is 18.4. The van der Waals surface area contributed by atoms with Crippen molar-refractivity contribution < 1.29 is 28.6 Å². The minimum atomic E-state index is -1.08. The summed E-state index contributed by atoms with van der Waals surface area (Å²) in [6, 6.07) is -0.353. The van der Waals surface area contributed by atoms with Crippen LogP contribution in [0.3, 0.4) is 0 Å². The van der Waals surface area contributed by atoms with E-state index in [0.29, 0.717) is 13.0 Å². The topological polar surface area (TPSA) is 76.1 Å². The number of carbonyl (C=O) groups is 2. The molecule has 22 heavy (non-hydrogen) atoms. The van der Waals surface area contributed by atoms with E-state index in [0.717, 1.165) is 6.08 Å². The van der Waals surface area contributed by atoms with Gasteiger partial charge in [0.15, 0.2) is 0 Å². The predicted octanol–water partition coefficient (Wildman–Crippen LogP) is 2.38. The smallest absolute Gasteiger partial charge is 0.410 e. The molecule has 0 aromatic heterocycles. The standard InChI is InChI=1S/C15H24FNO5/c1-15(2,3)22-14(20)17-9-11(16)8-12(17)10-21-7-5-4-6-13(18)19/h4,6,11-12H,5,7-10H2,1-3H3,(H,18,19)/t11-,12-/m0/s1. The maximum Gasteiger partial charge on any atom is 0.410 e. The van der Waals surface area contributed by atoms with Gasteiger partial charge in [0.2, 0.25) is 0 Å². The predicted molar refractivity (Wildman–Crippen MR) is 78.5 cm³/mol. The molecule has 0 aliphatic carbocycles. The molecule has 0 aromatic rings. The van der Waals surface area contributed by atoms with Gasteiger partial charge in [-0.2, -0.15) is 0 Å². The van der Waals surface area contributed by atoms with Gasteiger partial charge in [-0.3, -0.25) is 4.90 Å². The Hall–Kier alpha value is -1.63. The number of carboxylic acid groups (broad SMARTS) is 1. The van der Waals surface area contributed by atoms with Crippen LogP contribution in [0.15, 0.2) is 12.2 Å². The van der Waals surface area contributed by atoms with Crippen LogP contribution in [0.2, 0.25) is 0 Å². The lowest BCUT2D eigenvalue weighted by Crippen LogP contribution is -2.42. The van der Waals surface area contributed by atoms with Gasteiger partial charge in [0.05, 0.1) is 25.8 Å². The first-order valence-corrected chi connectivity index (χ1v) is 7.30. The van der Waals surface area contributed by atoms with E-state index in [1.807, 2.05) is 0 Å². The summed E-state index contributed by atoms with van der Waals surface area (Å²) < 4.78 is 24.2. The number of alkyl halides is 1. The Morgan fingerprint density at radius 2 is 2.09 bits per heavy atom. The Balaban J connectivity index is 2.40. The third-order valence-corrected chi connectivity index (χ3v) is 2.99. The third-order valence-electron chi connectivity index (χ3n) is 2.99. The van der Waals surface area contributed by atoms with Gasteiger partial charge in [0.1, 0.15) is 11.8 Å². The maximum absolute atomic E-state index is 13.6. The number of aliphatic carboxylic acids is 1. The molecule has 1 aliphatic rings. The van der Waals surface area contributed by atoms with Crippen LogP contribution in [-0.4, -0.2) is 59.6 Å². The van der Waals surface area contributed by atoms with Crippen LogP contribution in [0.1, 0.15) is 33.6 Å². The van der Waals surface area contributed by atoms with E-state index < -0.39 is 23.8 Å². The van der Waals surface area contributed by atoms with E-state index in [9.17, 15) is 14.0 Å². The average molecular weight is 317 g/mol. The highest BCUT2D eigenvalue weighted by Gasteiger charge is 2.37. The lowest BCUT2D eigenvalue weighted by Gasteiger charge is -2.28. The Morgan fingerprint density at radius 1 is 1.41 bits per heavy atom. The summed E-state index contributed by atoms with van der Waals surface area (Å²) in [5, 5.41) is 8.43. The highest BCUT2D eigenvalue weighted by atomic mass is 19.1. The number of ether oxygens (including phenoxy) is 2. The summed E-state index contributed by atoms with van der Waals surface area (Å²) in [7, 11) is 0. The van der Waals surface area contributed by atoms with Gasteiger partial charge in [-0.15, -0.1) is 0 Å². The number of likely N-dealkylation sites (tertiary alicyclic amines) is 1. The molecule has 6 nitrogen and oxygen atoms in total. The Morgan fingerprint density at radius 3 is 2.68 bits per heavy atom. The molecule has 1 saturated heterocycles. The Labute approximate surface area is 129 Å². The fourth-order valence-electron chi connectivity index (χ4n) is 2.12. The summed E-state index contributed by atoms with van der Waals surface area (Å²) in [5.41, 5.74) is -0.626. The summed E-state index contributed by atoms with van der Waals surface area (Å²) >= 11 is 0. The minimum absolute atomic E-state index is 0.0157. The molecule has 126 valence electrons. The number of nitrogens with zero attached hydrogens (tertiary/aromatic N) is 1. The molecule has 1 fully saturated rings. The Bertz CT molecular complexity index is 419. The van der Waals surface area contributed by atoms with Crippen molar-refractivity contribution in [2.24, 2.45) is 0 Å². The van der Waals surface area contributed by atoms with Gasteiger partial charge in [-0.05, 0) is 27.2 Å². The van der Waals surface area contributed by atoms with E-state index in [1.54, 1.807) is 20.8 Å². The second-order valence-corrected chi connectivity index (χ2v) is 6.22. The second kappa shape index (κ2) is 8.12. The highest BCUT2D eigenvalue weighted by Crippen LogP contribution is 2.23. The van der Waals surface area contributed by atoms with Crippen LogP contribution >= 0.6 is 0 Å². The van der Waals surface area contributed by atoms with Crippen molar-refractivity contribution in [3.63, 3.8) is 0 Å². The van der Waals surface area contributed by atoms with E-state index in [-0.39, 0.29) is 25.6 Å². The van der Waals surface area contributed by atoms with E-state index in [4.69, 9.17) is 14.6 Å².